The fraction of sp³-hybridized carbons (Fsp3) is 0.267. The lowest BCUT2D eigenvalue weighted by molar-refractivity contribution is 0.872. The molecule has 0 N–H and O–H groups in total. The number of thioether (sulfide) groups is 1. The second kappa shape index (κ2) is 6.54. The maximum absolute atomic E-state index is 12.6. The van der Waals surface area contributed by atoms with E-state index in [0.29, 0.717) is 10.7 Å². The van der Waals surface area contributed by atoms with Gasteiger partial charge in [-0.05, 0) is 30.7 Å². The summed E-state index contributed by atoms with van der Waals surface area (Å²) < 4.78 is 3.29. The van der Waals surface area contributed by atoms with Gasteiger partial charge in [0, 0.05) is 28.9 Å². The average molecular weight is 335 g/mol. The molecule has 0 spiro atoms. The van der Waals surface area contributed by atoms with Crippen molar-refractivity contribution in [3.8, 4) is 5.69 Å². The monoisotopic (exact) mass is 334 g/mol. The minimum absolute atomic E-state index is 0.195. The lowest BCUT2D eigenvalue weighted by Gasteiger charge is -2.06. The molecular weight excluding hydrogens is 320 g/mol. The summed E-state index contributed by atoms with van der Waals surface area (Å²) >= 11 is 7.50. The molecule has 0 fully saturated rings. The van der Waals surface area contributed by atoms with Crippen LogP contribution < -0.4 is 5.56 Å². The standard InChI is InChI=1S/C15H15ClN4OS/c1-2-3-10-22-15-18-17-13-14(21)19(8-9-20(13)15)12-6-4-11(16)5-7-12/h4-9H,2-3,10H2,1H3. The highest BCUT2D eigenvalue weighted by molar-refractivity contribution is 7.99. The molecule has 2 aromatic heterocycles. The van der Waals surface area contributed by atoms with Crippen LogP contribution in [0.1, 0.15) is 19.8 Å². The van der Waals surface area contributed by atoms with Crippen molar-refractivity contribution in [3.63, 3.8) is 0 Å². The molecule has 22 heavy (non-hydrogen) atoms. The molecule has 0 aliphatic heterocycles. The molecule has 0 amide bonds. The predicted molar refractivity (Wildman–Crippen MR) is 89.2 cm³/mol. The third kappa shape index (κ3) is 2.89. The van der Waals surface area contributed by atoms with Crippen molar-refractivity contribution in [1.29, 1.82) is 0 Å². The average Bonchev–Trinajstić information content (AvgIpc) is 2.93. The fourth-order valence-corrected chi connectivity index (χ4v) is 3.20. The Balaban J connectivity index is 2.00. The summed E-state index contributed by atoms with van der Waals surface area (Å²) in [7, 11) is 0. The van der Waals surface area contributed by atoms with Crippen molar-refractivity contribution < 1.29 is 0 Å². The first-order valence-corrected chi connectivity index (χ1v) is 8.42. The summed E-state index contributed by atoms with van der Waals surface area (Å²) in [5.41, 5.74) is 0.885. The van der Waals surface area contributed by atoms with Crippen LogP contribution in [-0.4, -0.2) is 24.9 Å². The van der Waals surface area contributed by atoms with Crippen LogP contribution in [0, 0.1) is 0 Å². The first kappa shape index (κ1) is 15.1. The van der Waals surface area contributed by atoms with Gasteiger partial charge in [-0.1, -0.05) is 36.7 Å². The second-order valence-electron chi connectivity index (χ2n) is 4.83. The number of benzene rings is 1. The topological polar surface area (TPSA) is 52.2 Å². The van der Waals surface area contributed by atoms with E-state index in [0.717, 1.165) is 29.4 Å². The van der Waals surface area contributed by atoms with Gasteiger partial charge in [0.1, 0.15) is 0 Å². The largest absolute Gasteiger partial charge is 0.300 e. The molecule has 0 atom stereocenters. The molecule has 0 bridgehead atoms. The van der Waals surface area contributed by atoms with Gasteiger partial charge in [0.05, 0.1) is 0 Å². The quantitative estimate of drug-likeness (QED) is 0.530. The molecule has 0 saturated heterocycles. The second-order valence-corrected chi connectivity index (χ2v) is 6.33. The lowest BCUT2D eigenvalue weighted by Crippen LogP contribution is -2.20. The number of nitrogens with zero attached hydrogens (tertiary/aromatic N) is 4. The normalized spacial score (nSPS) is 11.2. The number of aromatic nitrogens is 4. The van der Waals surface area contributed by atoms with E-state index >= 15 is 0 Å². The summed E-state index contributed by atoms with van der Waals surface area (Å²) in [5.74, 6) is 0.970. The van der Waals surface area contributed by atoms with Crippen LogP contribution in [0.2, 0.25) is 5.02 Å². The summed E-state index contributed by atoms with van der Waals surface area (Å²) in [4.78, 5) is 12.6. The highest BCUT2D eigenvalue weighted by Gasteiger charge is 2.11. The summed E-state index contributed by atoms with van der Waals surface area (Å²) in [5, 5.41) is 9.54. The molecule has 0 radical (unpaired) electrons. The summed E-state index contributed by atoms with van der Waals surface area (Å²) in [6, 6.07) is 7.10. The van der Waals surface area contributed by atoms with Crippen LogP contribution in [-0.2, 0) is 0 Å². The van der Waals surface area contributed by atoms with E-state index < -0.39 is 0 Å². The molecule has 114 valence electrons. The van der Waals surface area contributed by atoms with Crippen molar-refractivity contribution in [1.82, 2.24) is 19.2 Å². The molecule has 2 heterocycles. The van der Waals surface area contributed by atoms with Gasteiger partial charge in [0.25, 0.3) is 0 Å². The van der Waals surface area contributed by atoms with Gasteiger partial charge in [-0.3, -0.25) is 13.8 Å². The number of halogens is 1. The molecule has 1 aromatic carbocycles. The number of fused-ring (bicyclic) bond motifs is 1. The van der Waals surface area contributed by atoms with Crippen LogP contribution in [0.15, 0.2) is 46.6 Å². The molecule has 0 aliphatic rings. The predicted octanol–water partition coefficient (Wildman–Crippen LogP) is 3.43. The summed E-state index contributed by atoms with van der Waals surface area (Å²) in [6.45, 7) is 2.15. The van der Waals surface area contributed by atoms with Gasteiger partial charge in [0.2, 0.25) is 5.65 Å². The van der Waals surface area contributed by atoms with E-state index in [1.165, 1.54) is 0 Å². The highest BCUT2D eigenvalue weighted by atomic mass is 35.5. The first-order valence-electron chi connectivity index (χ1n) is 7.06. The maximum Gasteiger partial charge on any atom is 0.300 e. The molecule has 7 heteroatoms. The Kier molecular flexibility index (Phi) is 4.49. The van der Waals surface area contributed by atoms with Crippen LogP contribution >= 0.6 is 23.4 Å². The van der Waals surface area contributed by atoms with Gasteiger partial charge < -0.3 is 0 Å². The number of unbranched alkanes of at least 4 members (excludes halogenated alkanes) is 1. The molecular formula is C15H15ClN4OS. The molecule has 5 nitrogen and oxygen atoms in total. The first-order chi connectivity index (χ1) is 10.7. The number of hydrogen-bond acceptors (Lipinski definition) is 4. The van der Waals surface area contributed by atoms with Gasteiger partial charge in [0.15, 0.2) is 5.16 Å². The highest BCUT2D eigenvalue weighted by Crippen LogP contribution is 2.17. The molecule has 0 aliphatic carbocycles. The van der Waals surface area contributed by atoms with Crippen LogP contribution in [0.5, 0.6) is 0 Å². The Hall–Kier alpha value is -1.79. The third-order valence-electron chi connectivity index (χ3n) is 3.27. The zero-order valence-corrected chi connectivity index (χ0v) is 13.6. The van der Waals surface area contributed by atoms with Gasteiger partial charge in [-0.25, -0.2) is 0 Å². The zero-order valence-electron chi connectivity index (χ0n) is 12.1. The van der Waals surface area contributed by atoms with Crippen LogP contribution in [0.4, 0.5) is 0 Å². The Morgan fingerprint density at radius 3 is 2.68 bits per heavy atom. The van der Waals surface area contributed by atoms with Crippen LogP contribution in [0.3, 0.4) is 0 Å². The molecule has 0 unspecified atom stereocenters. The van der Waals surface area contributed by atoms with Crippen molar-refractivity contribution in [2.75, 3.05) is 5.75 Å². The van der Waals surface area contributed by atoms with Crippen LogP contribution in [0.25, 0.3) is 11.3 Å². The van der Waals surface area contributed by atoms with Gasteiger partial charge in [-0.2, -0.15) is 0 Å². The SMILES string of the molecule is CCCCSc1nnc2c(=O)n(-c3ccc(Cl)cc3)ccn12. The lowest BCUT2D eigenvalue weighted by atomic mass is 10.3. The van der Waals surface area contributed by atoms with E-state index in [1.54, 1.807) is 51.2 Å². The zero-order chi connectivity index (χ0) is 15.5. The molecule has 0 saturated carbocycles. The minimum Gasteiger partial charge on any atom is -0.280 e. The Morgan fingerprint density at radius 2 is 1.95 bits per heavy atom. The van der Waals surface area contributed by atoms with Crippen molar-refractivity contribution >= 4 is 29.0 Å². The van der Waals surface area contributed by atoms with Crippen molar-refractivity contribution in [3.05, 3.63) is 52.0 Å². The van der Waals surface area contributed by atoms with E-state index in [-0.39, 0.29) is 5.56 Å². The van der Waals surface area contributed by atoms with E-state index in [4.69, 9.17) is 11.6 Å². The third-order valence-corrected chi connectivity index (χ3v) is 4.55. The Labute approximate surface area is 136 Å². The van der Waals surface area contributed by atoms with Crippen molar-refractivity contribution in [2.45, 2.75) is 24.9 Å². The van der Waals surface area contributed by atoms with Gasteiger partial charge in [-0.15, -0.1) is 10.2 Å². The maximum atomic E-state index is 12.6. The fourth-order valence-electron chi connectivity index (χ4n) is 2.08. The number of hydrogen-bond donors (Lipinski definition) is 0. The van der Waals surface area contributed by atoms with E-state index in [2.05, 4.69) is 17.1 Å². The number of rotatable bonds is 5. The Bertz CT molecular complexity index is 841. The van der Waals surface area contributed by atoms with E-state index in [1.807, 2.05) is 6.20 Å². The Morgan fingerprint density at radius 1 is 1.18 bits per heavy atom. The summed E-state index contributed by atoms with van der Waals surface area (Å²) in [6.07, 6.45) is 5.79. The molecule has 3 rings (SSSR count). The van der Waals surface area contributed by atoms with Gasteiger partial charge >= 0.3 is 5.56 Å². The minimum atomic E-state index is -0.195. The van der Waals surface area contributed by atoms with Crippen molar-refractivity contribution in [2.24, 2.45) is 0 Å². The van der Waals surface area contributed by atoms with E-state index in [9.17, 15) is 4.79 Å². The smallest absolute Gasteiger partial charge is 0.280 e. The molecule has 3 aromatic rings.